The molecule has 1 atom stereocenters. The number of hydrogen-bond donors (Lipinski definition) is 1. The second-order valence-corrected chi connectivity index (χ2v) is 6.69. The predicted molar refractivity (Wildman–Crippen MR) is 101 cm³/mol. The predicted octanol–water partition coefficient (Wildman–Crippen LogP) is 5.02. The molecule has 1 aliphatic rings. The van der Waals surface area contributed by atoms with Crippen LogP contribution in [0.3, 0.4) is 0 Å². The van der Waals surface area contributed by atoms with Gasteiger partial charge in [-0.15, -0.1) is 0 Å². The van der Waals surface area contributed by atoms with Crippen LogP contribution in [0.4, 0.5) is 5.82 Å². The summed E-state index contributed by atoms with van der Waals surface area (Å²) >= 11 is 0. The third-order valence-corrected chi connectivity index (χ3v) is 4.86. The van der Waals surface area contributed by atoms with Crippen molar-refractivity contribution in [3.63, 3.8) is 0 Å². The summed E-state index contributed by atoms with van der Waals surface area (Å²) in [7, 11) is 0. The lowest BCUT2D eigenvalue weighted by Crippen LogP contribution is -2.33. The Balaban J connectivity index is 1.77. The van der Waals surface area contributed by atoms with Gasteiger partial charge in [0.25, 0.3) is 0 Å². The van der Waals surface area contributed by atoms with E-state index in [0.717, 1.165) is 18.9 Å². The Morgan fingerprint density at radius 3 is 2.83 bits per heavy atom. The Morgan fingerprint density at radius 1 is 1.12 bits per heavy atom. The molecule has 0 aliphatic carbocycles. The molecular formula is C21H29N3. The molecule has 0 spiro atoms. The van der Waals surface area contributed by atoms with Crippen LogP contribution in [0.2, 0.25) is 0 Å². The molecule has 1 aromatic heterocycles. The number of likely N-dealkylation sites (tertiary alicyclic amines) is 1. The van der Waals surface area contributed by atoms with E-state index in [1.165, 1.54) is 49.8 Å². The first-order valence-electron chi connectivity index (χ1n) is 9.35. The largest absolute Gasteiger partial charge is 0.370 e. The van der Waals surface area contributed by atoms with Gasteiger partial charge >= 0.3 is 0 Å². The number of pyridine rings is 1. The zero-order valence-corrected chi connectivity index (χ0v) is 14.7. The Labute approximate surface area is 146 Å². The molecule has 0 amide bonds. The highest BCUT2D eigenvalue weighted by Crippen LogP contribution is 2.35. The summed E-state index contributed by atoms with van der Waals surface area (Å²) in [6, 6.07) is 15.6. The summed E-state index contributed by atoms with van der Waals surface area (Å²) in [5.74, 6) is 1.08. The van der Waals surface area contributed by atoms with E-state index in [1.807, 2.05) is 6.20 Å². The van der Waals surface area contributed by atoms with Crippen LogP contribution in [-0.2, 0) is 6.54 Å². The number of benzene rings is 1. The fraction of sp³-hybridized carbons (Fsp3) is 0.476. The van der Waals surface area contributed by atoms with Crippen molar-refractivity contribution in [2.45, 2.75) is 51.6 Å². The van der Waals surface area contributed by atoms with Crippen LogP contribution < -0.4 is 5.32 Å². The summed E-state index contributed by atoms with van der Waals surface area (Å²) in [6.07, 6.45) is 8.12. The highest BCUT2D eigenvalue weighted by molar-refractivity contribution is 5.46. The van der Waals surface area contributed by atoms with E-state index in [2.05, 4.69) is 64.6 Å². The molecule has 24 heavy (non-hydrogen) atoms. The molecule has 1 unspecified atom stereocenters. The van der Waals surface area contributed by atoms with Gasteiger partial charge in [0.05, 0.1) is 0 Å². The SMILES string of the molecule is CCCCNc1ncccc1C1CCCCN1Cc1ccccc1. The van der Waals surface area contributed by atoms with E-state index in [0.29, 0.717) is 6.04 Å². The highest BCUT2D eigenvalue weighted by atomic mass is 15.2. The standard InChI is InChI=1S/C21H29N3/c1-2-3-14-22-21-19(12-9-15-23-21)20-13-7-8-16-24(20)17-18-10-5-4-6-11-18/h4-6,9-12,15,20H,2-3,7-8,13-14,16-17H2,1H3,(H,22,23). The van der Waals surface area contributed by atoms with Crippen LogP contribution >= 0.6 is 0 Å². The van der Waals surface area contributed by atoms with Crippen LogP contribution in [0.1, 0.15) is 56.2 Å². The lowest BCUT2D eigenvalue weighted by molar-refractivity contribution is 0.140. The number of aromatic nitrogens is 1. The lowest BCUT2D eigenvalue weighted by atomic mass is 9.95. The monoisotopic (exact) mass is 323 g/mol. The summed E-state index contributed by atoms with van der Waals surface area (Å²) in [4.78, 5) is 7.26. The highest BCUT2D eigenvalue weighted by Gasteiger charge is 2.26. The Morgan fingerprint density at radius 2 is 2.00 bits per heavy atom. The zero-order chi connectivity index (χ0) is 16.6. The van der Waals surface area contributed by atoms with Crippen molar-refractivity contribution in [2.75, 3.05) is 18.4 Å². The van der Waals surface area contributed by atoms with Crippen molar-refractivity contribution in [3.05, 3.63) is 59.8 Å². The molecule has 1 fully saturated rings. The Kier molecular flexibility index (Phi) is 6.25. The van der Waals surface area contributed by atoms with Gasteiger partial charge < -0.3 is 5.32 Å². The minimum Gasteiger partial charge on any atom is -0.370 e. The van der Waals surface area contributed by atoms with Crippen molar-refractivity contribution in [3.8, 4) is 0 Å². The van der Waals surface area contributed by atoms with E-state index in [-0.39, 0.29) is 0 Å². The lowest BCUT2D eigenvalue weighted by Gasteiger charge is -2.36. The van der Waals surface area contributed by atoms with Gasteiger partial charge in [0.2, 0.25) is 0 Å². The van der Waals surface area contributed by atoms with E-state index in [4.69, 9.17) is 0 Å². The number of hydrogen-bond acceptors (Lipinski definition) is 3. The first-order valence-corrected chi connectivity index (χ1v) is 9.35. The molecule has 0 radical (unpaired) electrons. The smallest absolute Gasteiger partial charge is 0.130 e. The third kappa shape index (κ3) is 4.35. The molecule has 2 heterocycles. The van der Waals surface area contributed by atoms with Crippen molar-refractivity contribution < 1.29 is 0 Å². The Bertz CT molecular complexity index is 611. The number of piperidine rings is 1. The fourth-order valence-electron chi connectivity index (χ4n) is 3.57. The van der Waals surface area contributed by atoms with Gasteiger partial charge in [-0.1, -0.05) is 56.2 Å². The molecule has 128 valence electrons. The van der Waals surface area contributed by atoms with Crippen LogP contribution in [0.15, 0.2) is 48.7 Å². The molecule has 3 nitrogen and oxygen atoms in total. The quantitative estimate of drug-likeness (QED) is 0.725. The molecule has 1 N–H and O–H groups in total. The van der Waals surface area contributed by atoms with Crippen molar-refractivity contribution >= 4 is 5.82 Å². The zero-order valence-electron chi connectivity index (χ0n) is 14.7. The van der Waals surface area contributed by atoms with Gasteiger partial charge in [-0.05, 0) is 37.4 Å². The number of anilines is 1. The van der Waals surface area contributed by atoms with Crippen molar-refractivity contribution in [2.24, 2.45) is 0 Å². The Hall–Kier alpha value is -1.87. The summed E-state index contributed by atoms with van der Waals surface area (Å²) in [6.45, 7) is 5.42. The minimum absolute atomic E-state index is 0.469. The second-order valence-electron chi connectivity index (χ2n) is 6.69. The van der Waals surface area contributed by atoms with Crippen LogP contribution in [0, 0.1) is 0 Å². The molecule has 1 aliphatic heterocycles. The fourth-order valence-corrected chi connectivity index (χ4v) is 3.57. The van der Waals surface area contributed by atoms with Gasteiger partial charge in [0, 0.05) is 30.9 Å². The minimum atomic E-state index is 0.469. The van der Waals surface area contributed by atoms with Crippen LogP contribution in [0.25, 0.3) is 0 Å². The number of unbranched alkanes of at least 4 members (excludes halogenated alkanes) is 1. The number of rotatable bonds is 7. The maximum absolute atomic E-state index is 4.63. The first kappa shape index (κ1) is 17.0. The van der Waals surface area contributed by atoms with E-state index in [1.54, 1.807) is 0 Å². The number of nitrogens with one attached hydrogen (secondary N) is 1. The molecule has 2 aromatic rings. The van der Waals surface area contributed by atoms with E-state index < -0.39 is 0 Å². The van der Waals surface area contributed by atoms with Crippen molar-refractivity contribution in [1.82, 2.24) is 9.88 Å². The first-order chi connectivity index (χ1) is 11.9. The van der Waals surface area contributed by atoms with Gasteiger partial charge in [0.1, 0.15) is 5.82 Å². The van der Waals surface area contributed by atoms with Gasteiger partial charge in [-0.25, -0.2) is 4.98 Å². The van der Waals surface area contributed by atoms with Gasteiger partial charge in [-0.2, -0.15) is 0 Å². The molecule has 0 saturated carbocycles. The molecule has 1 saturated heterocycles. The average Bonchev–Trinajstić information content (AvgIpc) is 2.64. The average molecular weight is 323 g/mol. The summed E-state index contributed by atoms with van der Waals surface area (Å²) < 4.78 is 0. The van der Waals surface area contributed by atoms with Gasteiger partial charge in [0.15, 0.2) is 0 Å². The summed E-state index contributed by atoms with van der Waals surface area (Å²) in [5.41, 5.74) is 2.76. The maximum Gasteiger partial charge on any atom is 0.130 e. The maximum atomic E-state index is 4.63. The third-order valence-electron chi connectivity index (χ3n) is 4.86. The number of nitrogens with zero attached hydrogens (tertiary/aromatic N) is 2. The molecule has 3 rings (SSSR count). The molecule has 0 bridgehead atoms. The topological polar surface area (TPSA) is 28.2 Å². The molecule has 3 heteroatoms. The van der Waals surface area contributed by atoms with Gasteiger partial charge in [-0.3, -0.25) is 4.90 Å². The van der Waals surface area contributed by atoms with Crippen LogP contribution in [-0.4, -0.2) is 23.0 Å². The molecular weight excluding hydrogens is 294 g/mol. The normalized spacial score (nSPS) is 18.5. The molecule has 1 aromatic carbocycles. The van der Waals surface area contributed by atoms with E-state index in [9.17, 15) is 0 Å². The van der Waals surface area contributed by atoms with Crippen molar-refractivity contribution in [1.29, 1.82) is 0 Å². The summed E-state index contributed by atoms with van der Waals surface area (Å²) in [5, 5.41) is 3.56. The van der Waals surface area contributed by atoms with E-state index >= 15 is 0 Å². The second kappa shape index (κ2) is 8.84. The van der Waals surface area contributed by atoms with Crippen LogP contribution in [0.5, 0.6) is 0 Å².